The van der Waals surface area contributed by atoms with Crippen LogP contribution in [-0.4, -0.2) is 62.8 Å². The molecule has 0 radical (unpaired) electrons. The summed E-state index contributed by atoms with van der Waals surface area (Å²) in [6, 6.07) is 13.6. The van der Waals surface area contributed by atoms with Crippen LogP contribution in [0.1, 0.15) is 30.7 Å². The molecule has 3 aromatic rings. The van der Waals surface area contributed by atoms with Crippen molar-refractivity contribution in [3.63, 3.8) is 0 Å². The van der Waals surface area contributed by atoms with Crippen LogP contribution in [0.4, 0.5) is 23.9 Å². The first kappa shape index (κ1) is 24.0. The average Bonchev–Trinajstić information content (AvgIpc) is 3.45. The maximum atomic E-state index is 12.6. The van der Waals surface area contributed by atoms with E-state index in [9.17, 15) is 18.0 Å². The van der Waals surface area contributed by atoms with Gasteiger partial charge in [-0.15, -0.1) is 13.2 Å². The predicted octanol–water partition coefficient (Wildman–Crippen LogP) is 4.35. The number of nitrogens with zero attached hydrogens (tertiary/aromatic N) is 5. The van der Waals surface area contributed by atoms with E-state index in [2.05, 4.69) is 37.7 Å². The Labute approximate surface area is 205 Å². The van der Waals surface area contributed by atoms with Gasteiger partial charge in [0.05, 0.1) is 12.2 Å². The number of rotatable bonds is 4. The second-order valence-corrected chi connectivity index (χ2v) is 9.14. The molecule has 3 heterocycles. The number of anilines is 1. The van der Waals surface area contributed by atoms with E-state index >= 15 is 0 Å². The summed E-state index contributed by atoms with van der Waals surface area (Å²) in [5.41, 5.74) is 2.56. The minimum Gasteiger partial charge on any atom is -0.406 e. The number of urea groups is 1. The molecule has 5 rings (SSSR count). The fourth-order valence-electron chi connectivity index (χ4n) is 4.86. The lowest BCUT2D eigenvalue weighted by atomic mass is 9.83. The van der Waals surface area contributed by atoms with E-state index in [1.807, 2.05) is 12.1 Å². The van der Waals surface area contributed by atoms with E-state index in [4.69, 9.17) is 4.74 Å². The van der Waals surface area contributed by atoms with Crippen molar-refractivity contribution in [2.45, 2.75) is 37.1 Å². The zero-order valence-electron chi connectivity index (χ0n) is 19.5. The Hall–Kier alpha value is -3.67. The summed E-state index contributed by atoms with van der Waals surface area (Å²) in [5.74, 6) is 0.240. The van der Waals surface area contributed by atoms with Gasteiger partial charge in [-0.05, 0) is 58.5 Å². The number of amides is 2. The van der Waals surface area contributed by atoms with E-state index in [1.165, 1.54) is 16.8 Å². The van der Waals surface area contributed by atoms with Crippen molar-refractivity contribution in [2.24, 2.45) is 7.05 Å². The van der Waals surface area contributed by atoms with Crippen LogP contribution in [0.2, 0.25) is 0 Å². The smallest absolute Gasteiger partial charge is 0.406 e. The molecule has 2 aliphatic rings. The quantitative estimate of drug-likeness (QED) is 0.570. The van der Waals surface area contributed by atoms with Crippen molar-refractivity contribution in [1.29, 1.82) is 0 Å². The summed E-state index contributed by atoms with van der Waals surface area (Å²) in [6.07, 6.45) is -2.41. The maximum absolute atomic E-state index is 12.6. The van der Waals surface area contributed by atoms with Gasteiger partial charge in [0.1, 0.15) is 5.75 Å². The highest BCUT2D eigenvalue weighted by atomic mass is 19.4. The highest BCUT2D eigenvalue weighted by Crippen LogP contribution is 2.43. The van der Waals surface area contributed by atoms with E-state index < -0.39 is 6.36 Å². The van der Waals surface area contributed by atoms with Gasteiger partial charge in [-0.1, -0.05) is 41.5 Å². The predicted molar refractivity (Wildman–Crippen MR) is 123 cm³/mol. The fourth-order valence-corrected chi connectivity index (χ4v) is 4.86. The Kier molecular flexibility index (Phi) is 6.29. The number of carbonyl (C=O) groups excluding carboxylic acids is 1. The number of carbonyl (C=O) groups is 1. The molecular weight excluding hydrogens is 477 g/mol. The number of benzene rings is 2. The zero-order chi connectivity index (χ0) is 25.3. The molecule has 1 N–H and O–H groups in total. The molecule has 0 saturated carbocycles. The first-order valence-corrected chi connectivity index (χ1v) is 11.6. The molecule has 2 saturated heterocycles. The second-order valence-electron chi connectivity index (χ2n) is 9.14. The van der Waals surface area contributed by atoms with Crippen LogP contribution in [0.15, 0.2) is 48.5 Å². The highest BCUT2D eigenvalue weighted by molar-refractivity contribution is 5.87. The zero-order valence-corrected chi connectivity index (χ0v) is 19.5. The van der Waals surface area contributed by atoms with Crippen LogP contribution < -0.4 is 10.1 Å². The number of nitrogens with one attached hydrogen (secondary N) is 1. The molecule has 9 nitrogen and oxygen atoms in total. The molecule has 0 aliphatic carbocycles. The van der Waals surface area contributed by atoms with E-state index in [1.54, 1.807) is 24.1 Å². The van der Waals surface area contributed by atoms with Crippen molar-refractivity contribution in [2.75, 3.05) is 25.0 Å². The van der Waals surface area contributed by atoms with Gasteiger partial charge in [0.25, 0.3) is 5.95 Å². The number of ether oxygens (including phenoxy) is 2. The van der Waals surface area contributed by atoms with Crippen molar-refractivity contribution in [3.05, 3.63) is 54.1 Å². The van der Waals surface area contributed by atoms with Crippen LogP contribution >= 0.6 is 0 Å². The largest absolute Gasteiger partial charge is 0.573 e. The summed E-state index contributed by atoms with van der Waals surface area (Å²) < 4.78 is 48.9. The van der Waals surface area contributed by atoms with Crippen LogP contribution in [0.5, 0.6) is 5.75 Å². The van der Waals surface area contributed by atoms with Gasteiger partial charge in [-0.25, -0.2) is 9.48 Å². The lowest BCUT2D eigenvalue weighted by Gasteiger charge is -2.38. The molecule has 2 aliphatic heterocycles. The standard InChI is InChI=1S/C24H25F3N6O3/c1-32-21(29-30-31-32)28-22(34)33-11-9-23(10-12-33)14-19(15-35-23)18-4-2-3-17(13-18)16-5-7-20(8-6-16)36-24(25,26)27/h2-8,13,19H,9-12,14-15H2,1H3,(H,28,29,31,34)/t19-/m0/s1. The van der Waals surface area contributed by atoms with Gasteiger partial charge in [-0.2, -0.15) is 0 Å². The second kappa shape index (κ2) is 9.41. The number of tetrazole rings is 1. The summed E-state index contributed by atoms with van der Waals surface area (Å²) in [4.78, 5) is 14.3. The number of aryl methyl sites for hydroxylation is 1. The van der Waals surface area contributed by atoms with Crippen LogP contribution in [0, 0.1) is 0 Å². The third-order valence-electron chi connectivity index (χ3n) is 6.79. The Bertz CT molecular complexity index is 1220. The molecule has 0 unspecified atom stereocenters. The van der Waals surface area contributed by atoms with Gasteiger partial charge in [0.2, 0.25) is 0 Å². The topological polar surface area (TPSA) is 94.4 Å². The molecule has 1 aromatic heterocycles. The van der Waals surface area contributed by atoms with E-state index in [0.717, 1.165) is 36.0 Å². The first-order chi connectivity index (χ1) is 17.2. The number of piperidine rings is 1. The van der Waals surface area contributed by atoms with Gasteiger partial charge >= 0.3 is 12.4 Å². The van der Waals surface area contributed by atoms with Gasteiger partial charge in [0.15, 0.2) is 0 Å². The third kappa shape index (κ3) is 5.27. The molecule has 2 fully saturated rings. The number of aromatic nitrogens is 4. The summed E-state index contributed by atoms with van der Waals surface area (Å²) >= 11 is 0. The Balaban J connectivity index is 1.20. The SMILES string of the molecule is Cn1nnnc1NC(=O)N1CCC2(CC1)C[C@H](c1cccc(-c3ccc(OC(F)(F)F)cc3)c1)CO2. The number of likely N-dealkylation sites (tertiary alicyclic amines) is 1. The molecule has 0 bridgehead atoms. The van der Waals surface area contributed by atoms with E-state index in [-0.39, 0.29) is 23.3 Å². The molecule has 190 valence electrons. The summed E-state index contributed by atoms with van der Waals surface area (Å²) in [7, 11) is 1.65. The van der Waals surface area contributed by atoms with Crippen LogP contribution in [0.3, 0.4) is 0 Å². The molecule has 1 atom stereocenters. The summed E-state index contributed by atoms with van der Waals surface area (Å²) in [5, 5.41) is 13.7. The van der Waals surface area contributed by atoms with Gasteiger partial charge in [-0.3, -0.25) is 5.32 Å². The molecular formula is C24H25F3N6O3. The van der Waals surface area contributed by atoms with Gasteiger partial charge < -0.3 is 14.4 Å². The van der Waals surface area contributed by atoms with Crippen LogP contribution in [-0.2, 0) is 11.8 Å². The summed E-state index contributed by atoms with van der Waals surface area (Å²) in [6.45, 7) is 1.71. The van der Waals surface area contributed by atoms with Crippen molar-refractivity contribution >= 4 is 12.0 Å². The number of hydrogen-bond donors (Lipinski definition) is 1. The Morgan fingerprint density at radius 3 is 2.56 bits per heavy atom. The lowest BCUT2D eigenvalue weighted by molar-refractivity contribution is -0.274. The molecule has 2 aromatic carbocycles. The molecule has 1 spiro atoms. The first-order valence-electron chi connectivity index (χ1n) is 11.6. The highest BCUT2D eigenvalue weighted by Gasteiger charge is 2.44. The molecule has 2 amide bonds. The van der Waals surface area contributed by atoms with Crippen LogP contribution in [0.25, 0.3) is 11.1 Å². The minimum absolute atomic E-state index is 0.197. The third-order valence-corrected chi connectivity index (χ3v) is 6.79. The normalized spacial score (nSPS) is 19.4. The Morgan fingerprint density at radius 2 is 1.89 bits per heavy atom. The van der Waals surface area contributed by atoms with Crippen molar-refractivity contribution < 1.29 is 27.4 Å². The number of alkyl halides is 3. The minimum atomic E-state index is -4.71. The van der Waals surface area contributed by atoms with Crippen molar-refractivity contribution in [3.8, 4) is 16.9 Å². The van der Waals surface area contributed by atoms with Crippen molar-refractivity contribution in [1.82, 2.24) is 25.1 Å². The molecule has 36 heavy (non-hydrogen) atoms. The average molecular weight is 502 g/mol. The Morgan fingerprint density at radius 1 is 1.14 bits per heavy atom. The molecule has 12 heteroatoms. The fraction of sp³-hybridized carbons (Fsp3) is 0.417. The number of hydrogen-bond acceptors (Lipinski definition) is 6. The lowest BCUT2D eigenvalue weighted by Crippen LogP contribution is -2.48. The maximum Gasteiger partial charge on any atom is 0.573 e. The number of halogens is 3. The van der Waals surface area contributed by atoms with Gasteiger partial charge in [0, 0.05) is 26.1 Å². The van der Waals surface area contributed by atoms with E-state index in [0.29, 0.717) is 25.6 Å². The monoisotopic (exact) mass is 502 g/mol.